The quantitative estimate of drug-likeness (QED) is 0.807. The van der Waals surface area contributed by atoms with E-state index in [1.165, 1.54) is 11.3 Å². The lowest BCUT2D eigenvalue weighted by Gasteiger charge is -2.09. The van der Waals surface area contributed by atoms with Gasteiger partial charge in [0.05, 0.1) is 5.01 Å². The zero-order valence-electron chi connectivity index (χ0n) is 8.13. The fraction of sp³-hybridized carbons (Fsp3) is 0.556. The highest BCUT2D eigenvalue weighted by molar-refractivity contribution is 7.09. The van der Waals surface area contributed by atoms with Crippen LogP contribution in [0.25, 0.3) is 0 Å². The molecule has 0 aliphatic heterocycles. The molecule has 1 rings (SSSR count). The highest BCUT2D eigenvalue weighted by atomic mass is 32.1. The largest absolute Gasteiger partial charge is 0.348 e. The van der Waals surface area contributed by atoms with Crippen molar-refractivity contribution in [3.05, 3.63) is 16.1 Å². The lowest BCUT2D eigenvalue weighted by atomic mass is 10.2. The van der Waals surface area contributed by atoms with Gasteiger partial charge in [0.15, 0.2) is 0 Å². The molecule has 0 saturated carbocycles. The first-order valence-electron chi connectivity index (χ1n) is 4.36. The van der Waals surface area contributed by atoms with Crippen molar-refractivity contribution in [1.29, 1.82) is 0 Å². The molecule has 1 heterocycles. The first-order chi connectivity index (χ1) is 6.13. The summed E-state index contributed by atoms with van der Waals surface area (Å²) in [6, 6.07) is 0.217. The standard InChI is InChI=1S/C9H14N2OS/c1-4-6(2)10-9(12)8-5-13-7(3)11-8/h5-6H,4H2,1-3H3,(H,10,12). The molecule has 0 fully saturated rings. The van der Waals surface area contributed by atoms with Crippen LogP contribution < -0.4 is 5.32 Å². The Morgan fingerprint density at radius 2 is 2.46 bits per heavy atom. The molecule has 0 bridgehead atoms. The van der Waals surface area contributed by atoms with Crippen molar-refractivity contribution in [2.75, 3.05) is 0 Å². The highest BCUT2D eigenvalue weighted by Crippen LogP contribution is 2.07. The zero-order chi connectivity index (χ0) is 9.84. The van der Waals surface area contributed by atoms with Crippen molar-refractivity contribution in [2.24, 2.45) is 0 Å². The topological polar surface area (TPSA) is 42.0 Å². The van der Waals surface area contributed by atoms with Gasteiger partial charge in [-0.25, -0.2) is 4.98 Å². The van der Waals surface area contributed by atoms with Gasteiger partial charge in [0, 0.05) is 11.4 Å². The minimum atomic E-state index is -0.0706. The fourth-order valence-electron chi connectivity index (χ4n) is 0.868. The third-order valence-corrected chi connectivity index (χ3v) is 2.62. The summed E-state index contributed by atoms with van der Waals surface area (Å²) in [6.07, 6.45) is 0.939. The van der Waals surface area contributed by atoms with Crippen LogP contribution in [0.1, 0.15) is 35.8 Å². The average Bonchev–Trinajstić information content (AvgIpc) is 2.51. The number of hydrogen-bond acceptors (Lipinski definition) is 3. The van der Waals surface area contributed by atoms with Gasteiger partial charge in [-0.1, -0.05) is 6.92 Å². The van der Waals surface area contributed by atoms with Crippen LogP contribution in [0.2, 0.25) is 0 Å². The van der Waals surface area contributed by atoms with E-state index in [4.69, 9.17) is 0 Å². The predicted octanol–water partition coefficient (Wildman–Crippen LogP) is 1.98. The number of carbonyl (C=O) groups is 1. The van der Waals surface area contributed by atoms with Crippen molar-refractivity contribution >= 4 is 17.2 Å². The number of thiazole rings is 1. The molecule has 1 aromatic rings. The van der Waals surface area contributed by atoms with Crippen LogP contribution in [-0.4, -0.2) is 16.9 Å². The molecule has 1 amide bonds. The summed E-state index contributed by atoms with van der Waals surface area (Å²) in [5, 5.41) is 5.57. The monoisotopic (exact) mass is 198 g/mol. The van der Waals surface area contributed by atoms with E-state index in [0.717, 1.165) is 11.4 Å². The summed E-state index contributed by atoms with van der Waals surface area (Å²) in [7, 11) is 0. The van der Waals surface area contributed by atoms with Gasteiger partial charge in [-0.3, -0.25) is 4.79 Å². The van der Waals surface area contributed by atoms with Crippen LogP contribution in [0.3, 0.4) is 0 Å². The maximum absolute atomic E-state index is 11.5. The molecule has 1 unspecified atom stereocenters. The Balaban J connectivity index is 2.58. The van der Waals surface area contributed by atoms with Gasteiger partial charge in [0.25, 0.3) is 5.91 Å². The maximum atomic E-state index is 11.5. The minimum Gasteiger partial charge on any atom is -0.348 e. The molecule has 1 N–H and O–H groups in total. The number of aryl methyl sites for hydroxylation is 1. The van der Waals surface area contributed by atoms with E-state index in [-0.39, 0.29) is 11.9 Å². The lowest BCUT2D eigenvalue weighted by molar-refractivity contribution is 0.0935. The molecule has 1 aromatic heterocycles. The molecule has 1 atom stereocenters. The number of aromatic nitrogens is 1. The number of carbonyl (C=O) groups excluding carboxylic acids is 1. The Kier molecular flexibility index (Phi) is 3.42. The van der Waals surface area contributed by atoms with Gasteiger partial charge in [-0.15, -0.1) is 11.3 Å². The molecular weight excluding hydrogens is 184 g/mol. The Morgan fingerprint density at radius 1 is 1.77 bits per heavy atom. The van der Waals surface area contributed by atoms with E-state index < -0.39 is 0 Å². The molecule has 3 nitrogen and oxygen atoms in total. The maximum Gasteiger partial charge on any atom is 0.270 e. The average molecular weight is 198 g/mol. The number of hydrogen-bond donors (Lipinski definition) is 1. The van der Waals surface area contributed by atoms with Crippen molar-refractivity contribution in [3.8, 4) is 0 Å². The summed E-state index contributed by atoms with van der Waals surface area (Å²) < 4.78 is 0. The van der Waals surface area contributed by atoms with Crippen molar-refractivity contribution in [3.63, 3.8) is 0 Å². The van der Waals surface area contributed by atoms with Crippen LogP contribution >= 0.6 is 11.3 Å². The van der Waals surface area contributed by atoms with Crippen LogP contribution in [0, 0.1) is 6.92 Å². The SMILES string of the molecule is CCC(C)NC(=O)c1csc(C)n1. The second-order valence-electron chi connectivity index (χ2n) is 3.03. The normalized spacial score (nSPS) is 12.5. The molecule has 0 aromatic carbocycles. The van der Waals surface area contributed by atoms with Gasteiger partial charge < -0.3 is 5.32 Å². The summed E-state index contributed by atoms with van der Waals surface area (Å²) in [6.45, 7) is 5.92. The third kappa shape index (κ3) is 2.81. The number of nitrogens with zero attached hydrogens (tertiary/aromatic N) is 1. The predicted molar refractivity (Wildman–Crippen MR) is 54.1 cm³/mol. The molecule has 0 aliphatic rings. The Hall–Kier alpha value is -0.900. The van der Waals surface area contributed by atoms with E-state index >= 15 is 0 Å². The fourth-order valence-corrected chi connectivity index (χ4v) is 1.46. The summed E-state index contributed by atoms with van der Waals surface area (Å²) >= 11 is 1.50. The number of rotatable bonds is 3. The van der Waals surface area contributed by atoms with Gasteiger partial charge >= 0.3 is 0 Å². The smallest absolute Gasteiger partial charge is 0.270 e. The molecule has 0 saturated heterocycles. The van der Waals surface area contributed by atoms with Crippen molar-refractivity contribution in [1.82, 2.24) is 10.3 Å². The summed E-state index contributed by atoms with van der Waals surface area (Å²) in [5.74, 6) is -0.0706. The first kappa shape index (κ1) is 10.2. The Morgan fingerprint density at radius 3 is 2.92 bits per heavy atom. The molecular formula is C9H14N2OS. The van der Waals surface area contributed by atoms with Crippen LogP contribution in [0.15, 0.2) is 5.38 Å². The molecule has 0 radical (unpaired) electrons. The highest BCUT2D eigenvalue weighted by Gasteiger charge is 2.10. The molecule has 13 heavy (non-hydrogen) atoms. The summed E-state index contributed by atoms with van der Waals surface area (Å²) in [5.41, 5.74) is 0.530. The second kappa shape index (κ2) is 4.37. The zero-order valence-corrected chi connectivity index (χ0v) is 8.94. The van der Waals surface area contributed by atoms with Crippen LogP contribution in [-0.2, 0) is 0 Å². The van der Waals surface area contributed by atoms with Gasteiger partial charge in [-0.05, 0) is 20.3 Å². The molecule has 4 heteroatoms. The van der Waals surface area contributed by atoms with Gasteiger partial charge in [-0.2, -0.15) is 0 Å². The van der Waals surface area contributed by atoms with E-state index in [1.807, 2.05) is 20.8 Å². The second-order valence-corrected chi connectivity index (χ2v) is 4.10. The number of amides is 1. The minimum absolute atomic E-state index is 0.0706. The Bertz CT molecular complexity index is 296. The van der Waals surface area contributed by atoms with E-state index in [2.05, 4.69) is 10.3 Å². The van der Waals surface area contributed by atoms with Crippen molar-refractivity contribution < 1.29 is 4.79 Å². The van der Waals surface area contributed by atoms with Gasteiger partial charge in [0.2, 0.25) is 0 Å². The Labute approximate surface area is 82.2 Å². The van der Waals surface area contributed by atoms with Crippen molar-refractivity contribution in [2.45, 2.75) is 33.2 Å². The molecule has 72 valence electrons. The number of nitrogens with one attached hydrogen (secondary N) is 1. The lowest BCUT2D eigenvalue weighted by Crippen LogP contribution is -2.32. The molecule has 0 aliphatic carbocycles. The molecule has 0 spiro atoms. The van der Waals surface area contributed by atoms with E-state index in [9.17, 15) is 4.79 Å². The third-order valence-electron chi connectivity index (χ3n) is 1.84. The summed E-state index contributed by atoms with van der Waals surface area (Å²) in [4.78, 5) is 15.6. The van der Waals surface area contributed by atoms with Crippen LogP contribution in [0.5, 0.6) is 0 Å². The van der Waals surface area contributed by atoms with E-state index in [0.29, 0.717) is 5.69 Å². The van der Waals surface area contributed by atoms with E-state index in [1.54, 1.807) is 5.38 Å². The van der Waals surface area contributed by atoms with Crippen LogP contribution in [0.4, 0.5) is 0 Å². The van der Waals surface area contributed by atoms with Gasteiger partial charge in [0.1, 0.15) is 5.69 Å². The first-order valence-corrected chi connectivity index (χ1v) is 5.24.